The van der Waals surface area contributed by atoms with E-state index in [1.807, 2.05) is 48.3 Å². The smallest absolute Gasteiger partial charge is 0.318 e. The highest BCUT2D eigenvalue weighted by atomic mass is 35.5. The quantitative estimate of drug-likeness (QED) is 0.329. The number of ether oxygens (including phenoxy) is 3. The van der Waals surface area contributed by atoms with Crippen LogP contribution in [0.1, 0.15) is 35.8 Å². The molecule has 2 saturated heterocycles. The fourth-order valence-corrected chi connectivity index (χ4v) is 6.95. The predicted octanol–water partition coefficient (Wildman–Crippen LogP) is 4.61. The van der Waals surface area contributed by atoms with Gasteiger partial charge in [0.25, 0.3) is 5.91 Å². The molecule has 2 fully saturated rings. The van der Waals surface area contributed by atoms with E-state index >= 15 is 0 Å². The molecular formula is C33H36ClFN6O4. The number of rotatable bonds is 8. The lowest BCUT2D eigenvalue weighted by molar-refractivity contribution is -0.131. The summed E-state index contributed by atoms with van der Waals surface area (Å²) in [4.78, 5) is 27.9. The van der Waals surface area contributed by atoms with Gasteiger partial charge in [0.1, 0.15) is 12.4 Å². The van der Waals surface area contributed by atoms with E-state index in [-0.39, 0.29) is 43.8 Å². The first-order valence-corrected chi connectivity index (χ1v) is 15.5. The topological polar surface area (TPSA) is 104 Å². The van der Waals surface area contributed by atoms with E-state index in [1.54, 1.807) is 7.11 Å². The van der Waals surface area contributed by atoms with E-state index in [4.69, 9.17) is 35.8 Å². The van der Waals surface area contributed by atoms with Crippen LogP contribution >= 0.6 is 11.6 Å². The van der Waals surface area contributed by atoms with Gasteiger partial charge >= 0.3 is 6.01 Å². The summed E-state index contributed by atoms with van der Waals surface area (Å²) in [6.45, 7) is 5.52. The summed E-state index contributed by atoms with van der Waals surface area (Å²) >= 11 is 6.66. The number of halogens is 2. The van der Waals surface area contributed by atoms with Gasteiger partial charge in [0.2, 0.25) is 0 Å². The Bertz CT molecular complexity index is 1640. The number of piperazine rings is 1. The minimum Gasteiger partial charge on any atom is -0.462 e. The number of carbonyl (C=O) groups excluding carboxylic acids is 1. The maximum atomic E-state index is 13.8. The van der Waals surface area contributed by atoms with Crippen molar-refractivity contribution in [3.8, 4) is 12.1 Å². The zero-order valence-electron chi connectivity index (χ0n) is 25.4. The molecule has 45 heavy (non-hydrogen) atoms. The lowest BCUT2D eigenvalue weighted by atomic mass is 9.94. The van der Waals surface area contributed by atoms with Crippen LogP contribution in [0, 0.1) is 11.3 Å². The van der Waals surface area contributed by atoms with Crippen LogP contribution in [0.15, 0.2) is 48.8 Å². The average Bonchev–Trinajstić information content (AvgIpc) is 3.42. The Morgan fingerprint density at radius 3 is 2.73 bits per heavy atom. The lowest BCUT2D eigenvalue weighted by Gasteiger charge is -2.42. The van der Waals surface area contributed by atoms with Gasteiger partial charge in [0.05, 0.1) is 43.0 Å². The zero-order valence-corrected chi connectivity index (χ0v) is 26.2. The zero-order chi connectivity index (χ0) is 31.7. The second-order valence-corrected chi connectivity index (χ2v) is 12.2. The fraction of sp³-hybridized carbons (Fsp3) is 0.455. The third kappa shape index (κ3) is 6.33. The highest BCUT2D eigenvalue weighted by Gasteiger charge is 2.36. The largest absolute Gasteiger partial charge is 0.462 e. The maximum absolute atomic E-state index is 13.8. The normalized spacial score (nSPS) is 23.5. The molecule has 0 radical (unpaired) electrons. The molecule has 12 heteroatoms. The number of nitrogens with zero attached hydrogens (tertiary/aromatic N) is 6. The van der Waals surface area contributed by atoms with Crippen LogP contribution < -0.4 is 9.64 Å². The number of likely N-dealkylation sites (tertiary alicyclic amines) is 1. The summed E-state index contributed by atoms with van der Waals surface area (Å²) in [7, 11) is 3.77. The second kappa shape index (κ2) is 13.3. The molecule has 1 unspecified atom stereocenters. The van der Waals surface area contributed by atoms with E-state index in [2.05, 4.69) is 17.5 Å². The van der Waals surface area contributed by atoms with Gasteiger partial charge in [-0.15, -0.1) is 0 Å². The van der Waals surface area contributed by atoms with Gasteiger partial charge < -0.3 is 24.0 Å². The predicted molar refractivity (Wildman–Crippen MR) is 168 cm³/mol. The van der Waals surface area contributed by atoms with Gasteiger partial charge in [-0.1, -0.05) is 48.5 Å². The molecule has 10 nitrogen and oxygen atoms in total. The van der Waals surface area contributed by atoms with Crippen molar-refractivity contribution < 1.29 is 23.4 Å². The molecule has 0 aliphatic carbocycles. The van der Waals surface area contributed by atoms with E-state index in [9.17, 15) is 14.4 Å². The molecule has 3 aromatic rings. The number of amides is 1. The van der Waals surface area contributed by atoms with Gasteiger partial charge in [0.15, 0.2) is 5.83 Å². The molecule has 236 valence electrons. The van der Waals surface area contributed by atoms with Crippen LogP contribution in [0.5, 0.6) is 6.01 Å². The van der Waals surface area contributed by atoms with Crippen molar-refractivity contribution in [2.75, 3.05) is 51.8 Å². The molecule has 2 aromatic carbocycles. The van der Waals surface area contributed by atoms with Crippen LogP contribution in [0.4, 0.5) is 10.2 Å². The van der Waals surface area contributed by atoms with Crippen LogP contribution in [0.25, 0.3) is 10.8 Å². The number of methoxy groups -OCH3 is 1. The molecular weight excluding hydrogens is 599 g/mol. The number of hydrogen-bond acceptors (Lipinski definition) is 9. The molecule has 0 saturated carbocycles. The van der Waals surface area contributed by atoms with E-state index in [0.717, 1.165) is 40.6 Å². The minimum atomic E-state index is -1.04. The first kappa shape index (κ1) is 31.2. The standard InChI is InChI=1S/C33H36ClFN6O4/c1-20(35)32(42)41-13-12-40(16-22(41)10-11-36)31-26-19-44-29(25-8-4-6-21-7-5-9-27(34)30(21)25)15-28(26)37-33(38-31)45-18-23-14-24(43-3)17-39(23)2/h4-9,22-24,29H,1,10,12-19H2,2-3H3/t22-,23-,24-,29?/m0/s1. The Morgan fingerprint density at radius 2 is 2.00 bits per heavy atom. The number of likely N-dealkylation sites (N-methyl/N-ethyl adjacent to an activating group) is 1. The molecule has 6 rings (SSSR count). The van der Waals surface area contributed by atoms with E-state index in [0.29, 0.717) is 37.0 Å². The van der Waals surface area contributed by atoms with E-state index in [1.165, 1.54) is 4.90 Å². The highest BCUT2D eigenvalue weighted by molar-refractivity contribution is 6.35. The molecule has 0 spiro atoms. The summed E-state index contributed by atoms with van der Waals surface area (Å²) in [5.74, 6) is -1.20. The monoisotopic (exact) mass is 634 g/mol. The number of carbonyl (C=O) groups is 1. The number of aromatic nitrogens is 2. The number of fused-ring (bicyclic) bond motifs is 2. The molecule has 4 heterocycles. The first-order chi connectivity index (χ1) is 21.8. The number of anilines is 1. The van der Waals surface area contributed by atoms with Crippen LogP contribution in [0.2, 0.25) is 5.02 Å². The molecule has 0 N–H and O–H groups in total. The van der Waals surface area contributed by atoms with Crippen molar-refractivity contribution in [2.24, 2.45) is 0 Å². The lowest BCUT2D eigenvalue weighted by Crippen LogP contribution is -2.55. The van der Waals surface area contributed by atoms with Gasteiger partial charge in [-0.2, -0.15) is 15.2 Å². The van der Waals surface area contributed by atoms with Gasteiger partial charge in [-0.25, -0.2) is 4.39 Å². The summed E-state index contributed by atoms with van der Waals surface area (Å²) in [6, 6.07) is 13.9. The average molecular weight is 635 g/mol. The van der Waals surface area contributed by atoms with Gasteiger partial charge in [0, 0.05) is 61.7 Å². The highest BCUT2D eigenvalue weighted by Crippen LogP contribution is 2.39. The van der Waals surface area contributed by atoms with Crippen molar-refractivity contribution in [3.63, 3.8) is 0 Å². The number of nitriles is 1. The van der Waals surface area contributed by atoms with Crippen molar-refractivity contribution in [3.05, 3.63) is 70.6 Å². The SMILES string of the molecule is C=C(F)C(=O)N1CCN(c2nc(OC[C@@H]3C[C@H](OC)CN3C)nc3c2COC(c2cccc4cccc(Cl)c24)C3)C[C@@H]1CC#N. The molecule has 4 atom stereocenters. The maximum Gasteiger partial charge on any atom is 0.318 e. The van der Waals surface area contributed by atoms with Crippen molar-refractivity contribution in [1.82, 2.24) is 19.8 Å². The minimum absolute atomic E-state index is 0.0429. The summed E-state index contributed by atoms with van der Waals surface area (Å²) in [5.41, 5.74) is 2.61. The van der Waals surface area contributed by atoms with Crippen molar-refractivity contribution in [1.29, 1.82) is 5.26 Å². The third-order valence-corrected chi connectivity index (χ3v) is 9.40. The van der Waals surface area contributed by atoms with Gasteiger partial charge in [-0.05, 0) is 30.5 Å². The van der Waals surface area contributed by atoms with Crippen molar-refractivity contribution >= 4 is 34.1 Å². The number of benzene rings is 2. The third-order valence-electron chi connectivity index (χ3n) is 9.08. The molecule has 3 aliphatic heterocycles. The van der Waals surface area contributed by atoms with Crippen LogP contribution in [0.3, 0.4) is 0 Å². The first-order valence-electron chi connectivity index (χ1n) is 15.1. The summed E-state index contributed by atoms with van der Waals surface area (Å²) < 4.78 is 32.1. The fourth-order valence-electron chi connectivity index (χ4n) is 6.66. The second-order valence-electron chi connectivity index (χ2n) is 11.8. The Morgan fingerprint density at radius 1 is 1.20 bits per heavy atom. The van der Waals surface area contributed by atoms with Crippen LogP contribution in [-0.4, -0.2) is 90.8 Å². The molecule has 1 amide bonds. The summed E-state index contributed by atoms with van der Waals surface area (Å²) in [5, 5.41) is 12.1. The van der Waals surface area contributed by atoms with Crippen LogP contribution in [-0.2, 0) is 27.3 Å². The Hall–Kier alpha value is -3.82. The summed E-state index contributed by atoms with van der Waals surface area (Å²) in [6.07, 6.45) is 1.21. The van der Waals surface area contributed by atoms with Gasteiger partial charge in [-0.3, -0.25) is 9.69 Å². The molecule has 3 aliphatic rings. The Kier molecular flexibility index (Phi) is 9.19. The molecule has 1 aromatic heterocycles. The Labute approximate surface area is 266 Å². The number of hydrogen-bond donors (Lipinski definition) is 0. The van der Waals surface area contributed by atoms with E-state index < -0.39 is 17.8 Å². The molecule has 0 bridgehead atoms. The Balaban J connectivity index is 1.33. The van der Waals surface area contributed by atoms with Crippen molar-refractivity contribution in [2.45, 2.75) is 50.2 Å².